The van der Waals surface area contributed by atoms with Crippen LogP contribution in [0.2, 0.25) is 0 Å². The second-order valence-corrected chi connectivity index (χ2v) is 9.63. The zero-order chi connectivity index (χ0) is 50.8. The molecule has 22 N–H and O–H groups in total. The third kappa shape index (κ3) is 105. The first-order valence-corrected chi connectivity index (χ1v) is 18.5. The van der Waals surface area contributed by atoms with E-state index in [0.717, 1.165) is 45.3 Å². The van der Waals surface area contributed by atoms with E-state index in [-0.39, 0.29) is 124 Å². The summed E-state index contributed by atoms with van der Waals surface area (Å²) in [4.78, 5) is 73.3. The molecule has 0 fully saturated rings. The van der Waals surface area contributed by atoms with Crippen LogP contribution in [0.4, 0.5) is 0 Å². The number of nitrogens with one attached hydrogen (secondary N) is 1. The van der Waals surface area contributed by atoms with Gasteiger partial charge in [-0.05, 0) is 71.2 Å². The maximum absolute atomic E-state index is 11.5. The molecular weight excluding hydrogens is 966 g/mol. The topological polar surface area (TPSA) is 471 Å². The van der Waals surface area contributed by atoms with Crippen LogP contribution in [0.25, 0.3) is 0 Å². The van der Waals surface area contributed by atoms with Gasteiger partial charge in [0.1, 0.15) is 6.29 Å². The van der Waals surface area contributed by atoms with Gasteiger partial charge in [0, 0.05) is 40.8 Å². The number of halogens is 2. The van der Waals surface area contributed by atoms with Crippen LogP contribution in [0.1, 0.15) is 165 Å². The Balaban J connectivity index is -0.0000000214. The van der Waals surface area contributed by atoms with Crippen molar-refractivity contribution in [2.24, 2.45) is 51.4 Å². The van der Waals surface area contributed by atoms with Crippen LogP contribution < -0.4 is 81.1 Å². The van der Waals surface area contributed by atoms with Crippen LogP contribution in [-0.2, 0) is 14.4 Å². The van der Waals surface area contributed by atoms with E-state index < -0.39 is 5.97 Å². The number of nitrogens with zero attached hydrogens (tertiary/aromatic N) is 3. The SMILES string of the molecule is C.C.C.C.C.C.C/C=N/O.CC#N.CC(=O)O.CC(N)=O.CC=O.CCCl.CCN.CCN.CCN.CCN.CCN1C(=O)c2ccccc2C1=O.Cl.NN.NO.O.O=C1NC(=O)c2ccccc21.[H-].[HH].[Na+]. The molecule has 70 heavy (non-hydrogen) atoms. The summed E-state index contributed by atoms with van der Waals surface area (Å²) < 4.78 is 0. The molecular formula is C44H105Cl2N12NaO11. The van der Waals surface area contributed by atoms with Gasteiger partial charge in [-0.15, -0.1) is 29.2 Å². The zero-order valence-corrected chi connectivity index (χ0v) is 43.0. The number of benzene rings is 2. The number of carbonyl (C=O) groups is 7. The molecule has 2 aromatic carbocycles. The van der Waals surface area contributed by atoms with Gasteiger partial charge in [0.05, 0.1) is 28.3 Å². The Hall–Kier alpha value is -4.49. The average molecular weight is 1070 g/mol. The van der Waals surface area contributed by atoms with Crippen LogP contribution in [0.15, 0.2) is 53.7 Å². The van der Waals surface area contributed by atoms with E-state index in [1.807, 2.05) is 34.6 Å². The molecule has 26 heteroatoms. The monoisotopic (exact) mass is 1070 g/mol. The number of aliphatic carboxylic acids is 1. The van der Waals surface area contributed by atoms with Gasteiger partial charge in [-0.2, -0.15) is 5.26 Å². The number of rotatable bonds is 1. The van der Waals surface area contributed by atoms with Crippen molar-refractivity contribution in [3.05, 3.63) is 70.8 Å². The summed E-state index contributed by atoms with van der Waals surface area (Å²) in [5.74, 6) is 10.1. The van der Waals surface area contributed by atoms with E-state index >= 15 is 0 Å². The van der Waals surface area contributed by atoms with Gasteiger partial charge < -0.3 is 55.9 Å². The molecule has 0 atom stereocenters. The number of oxime groups is 1. The molecule has 5 amide bonds. The summed E-state index contributed by atoms with van der Waals surface area (Å²) in [7, 11) is 0. The van der Waals surface area contributed by atoms with E-state index in [1.165, 1.54) is 31.9 Å². The Morgan fingerprint density at radius 2 is 0.886 bits per heavy atom. The summed E-state index contributed by atoms with van der Waals surface area (Å²) in [6, 6.07) is 15.4. The van der Waals surface area contributed by atoms with Gasteiger partial charge in [0.15, 0.2) is 0 Å². The summed E-state index contributed by atoms with van der Waals surface area (Å²) in [6.45, 7) is 21.6. The number of hydrogen-bond donors (Lipinski definition) is 12. The van der Waals surface area contributed by atoms with Gasteiger partial charge in [-0.25, -0.2) is 5.90 Å². The predicted octanol–water partition coefficient (Wildman–Crippen LogP) is 2.69. The van der Waals surface area contributed by atoms with Crippen LogP contribution in [-0.4, -0.2) is 113 Å². The Labute approximate surface area is 459 Å². The number of carbonyl (C=O) groups excluding carboxylic acids is 6. The predicted molar refractivity (Wildman–Crippen MR) is 297 cm³/mol. The number of primary amides is 1. The molecule has 4 rings (SSSR count). The molecule has 2 aromatic rings. The Morgan fingerprint density at radius 3 is 1.01 bits per heavy atom. The fourth-order valence-corrected chi connectivity index (χ4v) is 2.64. The van der Waals surface area contributed by atoms with Crippen LogP contribution in [0.3, 0.4) is 0 Å². The summed E-state index contributed by atoms with van der Waals surface area (Å²) in [6.07, 6.45) is 2.06. The summed E-state index contributed by atoms with van der Waals surface area (Å²) in [5.41, 5.74) is 25.8. The summed E-state index contributed by atoms with van der Waals surface area (Å²) in [5, 5.41) is 33.5. The van der Waals surface area contributed by atoms with Crippen molar-refractivity contribution in [2.75, 3.05) is 38.6 Å². The fourth-order valence-electron chi connectivity index (χ4n) is 2.64. The molecule has 0 saturated heterocycles. The third-order valence-corrected chi connectivity index (χ3v) is 3.95. The molecule has 0 spiro atoms. The Morgan fingerprint density at radius 1 is 0.743 bits per heavy atom. The van der Waals surface area contributed by atoms with Crippen molar-refractivity contribution in [1.82, 2.24) is 10.2 Å². The van der Waals surface area contributed by atoms with Crippen LogP contribution in [0, 0.1) is 11.3 Å². The first-order valence-electron chi connectivity index (χ1n) is 18.0. The second-order valence-electron chi connectivity index (χ2n) is 9.09. The summed E-state index contributed by atoms with van der Waals surface area (Å²) >= 11 is 5.00. The molecule has 0 saturated carbocycles. The average Bonchev–Trinajstić information content (AvgIpc) is 3.64. The number of aldehydes is 1. The number of fused-ring (bicyclic) bond motifs is 2. The molecule has 0 unspecified atom stereocenters. The van der Waals surface area contributed by atoms with E-state index in [4.69, 9.17) is 64.9 Å². The number of imide groups is 2. The molecule has 2 aliphatic rings. The third-order valence-electron chi connectivity index (χ3n) is 3.95. The fraction of sp³-hybridized carbons (Fsp3) is 0.523. The quantitative estimate of drug-likeness (QED) is 0.0285. The van der Waals surface area contributed by atoms with Crippen molar-refractivity contribution in [3.63, 3.8) is 0 Å². The number of hydrogen-bond acceptors (Lipinski definition) is 18. The minimum absolute atomic E-state index is 0. The van der Waals surface area contributed by atoms with E-state index in [1.54, 1.807) is 68.4 Å². The van der Waals surface area contributed by atoms with Gasteiger partial charge in [-0.3, -0.25) is 50.7 Å². The van der Waals surface area contributed by atoms with Crippen molar-refractivity contribution in [3.8, 4) is 6.07 Å². The van der Waals surface area contributed by atoms with Gasteiger partial charge in [-0.1, -0.05) is 103 Å². The largest absolute Gasteiger partial charge is 1.00 e. The molecule has 2 aliphatic heterocycles. The standard InChI is InChI=1S/C10H9NO2.C8H5NO2.C2H5Cl.2C2H5NO.4C2H7N.C2H3N.C2H4O2.C2H4O.6CH4.ClH.H4N2.H3NO.Na.H2O.H2.H/c1-2-11-9(12)7-5-3-4-6-8(7)10(11)13;10-7-5-3-1-2-4-6(5)8(11)9-7;1-2-3;1-2-3-4;1-2(3)4;5*1-2-3;1-2(3)4;1-2-3;;;;;;;;2*1-2;;;;/h3-6H,2H2,1H3;1-4H,(H,9,10,11);2H2,1H3;2,4H,1H3;1H3,(H2,3,4);4*2-3H2,1H3;1H3;1H3,(H,3,4);2H,1H3;6*1H4;1H;1-2H2;2H,1H2;;1H2;1H;/q;;;;;;;;;;;;;;;;;;;;;+1;;;-1/b;;;3-2+;;;;;;;;;;;;;;;;;;;;;. The number of alkyl halides is 1. The number of amides is 5. The maximum Gasteiger partial charge on any atom is 1.00 e. The number of carboxylic acid groups (broad SMARTS) is 1. The van der Waals surface area contributed by atoms with Crippen molar-refractivity contribution in [2.45, 2.75) is 121 Å². The van der Waals surface area contributed by atoms with Gasteiger partial charge in [0.25, 0.3) is 29.6 Å². The first kappa shape index (κ1) is 126. The molecule has 0 aromatic heterocycles. The molecule has 2 heterocycles. The van der Waals surface area contributed by atoms with E-state index in [0.29, 0.717) is 28.8 Å². The molecule has 422 valence electrons. The second kappa shape index (κ2) is 115. The Bertz CT molecular complexity index is 1330. The molecule has 0 radical (unpaired) electrons. The van der Waals surface area contributed by atoms with E-state index in [9.17, 15) is 24.0 Å². The van der Waals surface area contributed by atoms with Crippen molar-refractivity contribution in [1.29, 1.82) is 5.26 Å². The van der Waals surface area contributed by atoms with Gasteiger partial charge >= 0.3 is 29.6 Å². The van der Waals surface area contributed by atoms with Crippen molar-refractivity contribution >= 4 is 72.0 Å². The number of carboxylic acids is 1. The number of nitrogens with two attached hydrogens (primary N) is 8. The number of nitriles is 1. The zero-order valence-electron chi connectivity index (χ0n) is 40.5. The molecule has 23 nitrogen and oxygen atoms in total. The normalized spacial score (nSPS) is 8.07. The van der Waals surface area contributed by atoms with Gasteiger partial charge in [0.2, 0.25) is 5.91 Å². The van der Waals surface area contributed by atoms with Crippen molar-refractivity contribution < 1.29 is 87.0 Å². The first-order chi connectivity index (χ1) is 28.8. The molecule has 0 aliphatic carbocycles. The minimum atomic E-state index is -0.833. The molecule has 0 bridgehead atoms. The minimum Gasteiger partial charge on any atom is -1.00 e. The van der Waals surface area contributed by atoms with Crippen LogP contribution >= 0.6 is 24.0 Å². The van der Waals surface area contributed by atoms with E-state index in [2.05, 4.69) is 33.8 Å². The number of hydrazine groups is 1. The maximum atomic E-state index is 11.5. The van der Waals surface area contributed by atoms with Crippen LogP contribution in [0.5, 0.6) is 0 Å². The Kier molecular flexibility index (Phi) is 208. The smallest absolute Gasteiger partial charge is 1.00 e.